The number of aliphatic hydroxyl groups excluding tert-OH is 1. The van der Waals surface area contributed by atoms with Crippen molar-refractivity contribution < 1.29 is 14.6 Å². The second-order valence-electron chi connectivity index (χ2n) is 5.73. The highest BCUT2D eigenvalue weighted by atomic mass is 35.5. The van der Waals surface area contributed by atoms with Crippen LogP contribution in [0, 0.1) is 0 Å². The summed E-state index contributed by atoms with van der Waals surface area (Å²) in [4.78, 5) is 13.9. The summed E-state index contributed by atoms with van der Waals surface area (Å²) in [6.07, 6.45) is 0.172. The standard InChI is InChI=1S/C18H19ClN2O3/c19-14-5-3-4-13(10-14)12-24-17-7-2-1-6-16(17)20-18(23)21-9-8-15(22)11-21/h1-7,10,15,22H,8-9,11-12H2,(H,20,23). The van der Waals surface area contributed by atoms with E-state index in [2.05, 4.69) is 5.32 Å². The molecule has 2 N–H and O–H groups in total. The molecule has 5 nitrogen and oxygen atoms in total. The van der Waals surface area contributed by atoms with Crippen LogP contribution >= 0.6 is 11.6 Å². The average molecular weight is 347 g/mol. The van der Waals surface area contributed by atoms with Gasteiger partial charge in [0.1, 0.15) is 12.4 Å². The van der Waals surface area contributed by atoms with Crippen molar-refractivity contribution in [3.63, 3.8) is 0 Å². The second-order valence-corrected chi connectivity index (χ2v) is 6.17. The number of likely N-dealkylation sites (tertiary alicyclic amines) is 1. The van der Waals surface area contributed by atoms with Crippen LogP contribution in [0.3, 0.4) is 0 Å². The molecule has 0 radical (unpaired) electrons. The van der Waals surface area contributed by atoms with E-state index in [1.165, 1.54) is 0 Å². The molecular weight excluding hydrogens is 328 g/mol. The quantitative estimate of drug-likeness (QED) is 0.890. The molecule has 1 fully saturated rings. The first-order chi connectivity index (χ1) is 11.6. The number of halogens is 1. The number of para-hydroxylation sites is 2. The van der Waals surface area contributed by atoms with Crippen LogP contribution in [0.1, 0.15) is 12.0 Å². The molecule has 1 aliphatic heterocycles. The van der Waals surface area contributed by atoms with E-state index in [0.29, 0.717) is 42.6 Å². The Bertz CT molecular complexity index is 723. The third kappa shape index (κ3) is 4.19. The lowest BCUT2D eigenvalue weighted by atomic mass is 10.2. The summed E-state index contributed by atoms with van der Waals surface area (Å²) >= 11 is 5.97. The molecule has 0 bridgehead atoms. The minimum absolute atomic E-state index is 0.231. The summed E-state index contributed by atoms with van der Waals surface area (Å²) in [5.74, 6) is 0.588. The molecule has 0 spiro atoms. The zero-order valence-corrected chi connectivity index (χ0v) is 13.9. The smallest absolute Gasteiger partial charge is 0.322 e. The van der Waals surface area contributed by atoms with Crippen molar-refractivity contribution >= 4 is 23.3 Å². The largest absolute Gasteiger partial charge is 0.487 e. The van der Waals surface area contributed by atoms with E-state index >= 15 is 0 Å². The average Bonchev–Trinajstić information content (AvgIpc) is 3.01. The molecule has 126 valence electrons. The van der Waals surface area contributed by atoms with E-state index in [0.717, 1.165) is 5.56 Å². The summed E-state index contributed by atoms with van der Waals surface area (Å²) in [7, 11) is 0. The molecule has 1 heterocycles. The Hall–Kier alpha value is -2.24. The molecule has 1 unspecified atom stereocenters. The Balaban J connectivity index is 1.65. The van der Waals surface area contributed by atoms with Gasteiger partial charge in [0.2, 0.25) is 0 Å². The van der Waals surface area contributed by atoms with E-state index in [9.17, 15) is 9.90 Å². The topological polar surface area (TPSA) is 61.8 Å². The van der Waals surface area contributed by atoms with Gasteiger partial charge >= 0.3 is 6.03 Å². The zero-order valence-electron chi connectivity index (χ0n) is 13.1. The third-order valence-electron chi connectivity index (χ3n) is 3.86. The van der Waals surface area contributed by atoms with Crippen LogP contribution < -0.4 is 10.1 Å². The molecule has 3 rings (SSSR count). The van der Waals surface area contributed by atoms with Gasteiger partial charge in [-0.15, -0.1) is 0 Å². The van der Waals surface area contributed by atoms with Crippen molar-refractivity contribution in [2.45, 2.75) is 19.1 Å². The first-order valence-corrected chi connectivity index (χ1v) is 8.20. The molecule has 2 aromatic carbocycles. The number of benzene rings is 2. The number of carbonyl (C=O) groups is 1. The number of amides is 2. The van der Waals surface area contributed by atoms with Crippen LogP contribution in [-0.2, 0) is 6.61 Å². The highest BCUT2D eigenvalue weighted by Crippen LogP contribution is 2.26. The van der Waals surface area contributed by atoms with Gasteiger partial charge in [0, 0.05) is 18.1 Å². The lowest BCUT2D eigenvalue weighted by Crippen LogP contribution is -2.33. The fraction of sp³-hybridized carbons (Fsp3) is 0.278. The minimum Gasteiger partial charge on any atom is -0.487 e. The summed E-state index contributed by atoms with van der Waals surface area (Å²) in [5, 5.41) is 13.0. The van der Waals surface area contributed by atoms with Gasteiger partial charge in [0.15, 0.2) is 0 Å². The fourth-order valence-electron chi connectivity index (χ4n) is 2.60. The molecule has 1 aliphatic rings. The van der Waals surface area contributed by atoms with E-state index in [1.807, 2.05) is 36.4 Å². The summed E-state index contributed by atoms with van der Waals surface area (Å²) in [5.41, 5.74) is 1.55. The van der Waals surface area contributed by atoms with Crippen LogP contribution in [0.4, 0.5) is 10.5 Å². The number of hydrogen-bond donors (Lipinski definition) is 2. The van der Waals surface area contributed by atoms with Crippen molar-refractivity contribution in [1.29, 1.82) is 0 Å². The molecule has 0 aliphatic carbocycles. The van der Waals surface area contributed by atoms with Gasteiger partial charge in [-0.3, -0.25) is 0 Å². The number of hydrogen-bond acceptors (Lipinski definition) is 3. The number of urea groups is 1. The van der Waals surface area contributed by atoms with E-state index in [-0.39, 0.29) is 6.03 Å². The number of β-amino-alcohol motifs (C(OH)–C–C–N with tert-alkyl or cyclic N) is 1. The van der Waals surface area contributed by atoms with Gasteiger partial charge in [-0.05, 0) is 36.2 Å². The Morgan fingerprint density at radius 1 is 1.29 bits per heavy atom. The summed E-state index contributed by atoms with van der Waals surface area (Å²) in [6.45, 7) is 1.27. The Kier molecular flexibility index (Phi) is 5.23. The molecule has 2 amide bonds. The molecule has 0 aromatic heterocycles. The van der Waals surface area contributed by atoms with Crippen LogP contribution in [0.15, 0.2) is 48.5 Å². The normalized spacial score (nSPS) is 16.9. The van der Waals surface area contributed by atoms with Crippen molar-refractivity contribution in [3.8, 4) is 5.75 Å². The molecule has 2 aromatic rings. The molecule has 1 atom stereocenters. The summed E-state index contributed by atoms with van der Waals surface area (Å²) in [6, 6.07) is 14.5. The zero-order chi connectivity index (χ0) is 16.9. The van der Waals surface area contributed by atoms with E-state index < -0.39 is 6.10 Å². The van der Waals surface area contributed by atoms with Gasteiger partial charge in [-0.25, -0.2) is 4.79 Å². The van der Waals surface area contributed by atoms with Gasteiger partial charge in [0.25, 0.3) is 0 Å². The minimum atomic E-state index is -0.440. The van der Waals surface area contributed by atoms with Gasteiger partial charge in [0.05, 0.1) is 11.8 Å². The van der Waals surface area contributed by atoms with Crippen molar-refractivity contribution in [3.05, 3.63) is 59.1 Å². The number of rotatable bonds is 4. The highest BCUT2D eigenvalue weighted by molar-refractivity contribution is 6.30. The molecule has 6 heteroatoms. The lowest BCUT2D eigenvalue weighted by Gasteiger charge is -2.18. The van der Waals surface area contributed by atoms with Crippen molar-refractivity contribution in [2.75, 3.05) is 18.4 Å². The first kappa shape index (κ1) is 16.6. The Morgan fingerprint density at radius 3 is 2.88 bits per heavy atom. The van der Waals surface area contributed by atoms with E-state index in [1.54, 1.807) is 17.0 Å². The Morgan fingerprint density at radius 2 is 2.12 bits per heavy atom. The number of nitrogens with one attached hydrogen (secondary N) is 1. The van der Waals surface area contributed by atoms with Crippen LogP contribution in [-0.4, -0.2) is 35.2 Å². The number of ether oxygens (including phenoxy) is 1. The predicted octanol–water partition coefficient (Wildman–Crippen LogP) is 3.52. The maximum absolute atomic E-state index is 12.3. The van der Waals surface area contributed by atoms with Gasteiger partial charge in [-0.1, -0.05) is 35.9 Å². The van der Waals surface area contributed by atoms with Gasteiger partial charge < -0.3 is 20.1 Å². The number of carbonyl (C=O) groups excluding carboxylic acids is 1. The summed E-state index contributed by atoms with van der Waals surface area (Å²) < 4.78 is 5.82. The number of aliphatic hydroxyl groups is 1. The monoisotopic (exact) mass is 346 g/mol. The van der Waals surface area contributed by atoms with Crippen molar-refractivity contribution in [2.24, 2.45) is 0 Å². The van der Waals surface area contributed by atoms with Gasteiger partial charge in [-0.2, -0.15) is 0 Å². The third-order valence-corrected chi connectivity index (χ3v) is 4.10. The number of anilines is 1. The molecular formula is C18H19ClN2O3. The van der Waals surface area contributed by atoms with Crippen LogP contribution in [0.5, 0.6) is 5.75 Å². The van der Waals surface area contributed by atoms with Crippen molar-refractivity contribution in [1.82, 2.24) is 4.90 Å². The highest BCUT2D eigenvalue weighted by Gasteiger charge is 2.24. The SMILES string of the molecule is O=C(Nc1ccccc1OCc1cccc(Cl)c1)N1CCC(O)C1. The maximum atomic E-state index is 12.3. The second kappa shape index (κ2) is 7.55. The molecule has 1 saturated heterocycles. The lowest BCUT2D eigenvalue weighted by molar-refractivity contribution is 0.176. The predicted molar refractivity (Wildman–Crippen MR) is 93.4 cm³/mol. The van der Waals surface area contributed by atoms with E-state index in [4.69, 9.17) is 16.3 Å². The first-order valence-electron chi connectivity index (χ1n) is 7.82. The maximum Gasteiger partial charge on any atom is 0.322 e. The van der Waals surface area contributed by atoms with Crippen LogP contribution in [0.2, 0.25) is 5.02 Å². The molecule has 0 saturated carbocycles. The molecule has 24 heavy (non-hydrogen) atoms. The number of nitrogens with zero attached hydrogens (tertiary/aromatic N) is 1. The van der Waals surface area contributed by atoms with Crippen LogP contribution in [0.25, 0.3) is 0 Å². The Labute approximate surface area is 145 Å². The fourth-order valence-corrected chi connectivity index (χ4v) is 2.82.